The van der Waals surface area contributed by atoms with Gasteiger partial charge in [0.1, 0.15) is 6.54 Å². The van der Waals surface area contributed by atoms with Gasteiger partial charge in [0.25, 0.3) is 5.56 Å². The molecule has 0 aliphatic heterocycles. The molecule has 0 radical (unpaired) electrons. The number of nitrogens with one attached hydrogen (secondary N) is 1. The summed E-state index contributed by atoms with van der Waals surface area (Å²) < 4.78 is 1.25. The Balaban J connectivity index is 1.75. The van der Waals surface area contributed by atoms with Crippen LogP contribution in [0, 0.1) is 6.92 Å². The molecule has 0 saturated heterocycles. The molecule has 0 bridgehead atoms. The lowest BCUT2D eigenvalue weighted by molar-refractivity contribution is -0.122. The zero-order valence-electron chi connectivity index (χ0n) is 17.3. The van der Waals surface area contributed by atoms with E-state index in [1.165, 1.54) is 4.68 Å². The van der Waals surface area contributed by atoms with Crippen LogP contribution < -0.4 is 10.9 Å². The Bertz CT molecular complexity index is 1030. The summed E-state index contributed by atoms with van der Waals surface area (Å²) in [5.41, 5.74) is 1.65. The highest BCUT2D eigenvalue weighted by atomic mass is 16.2. The Morgan fingerprint density at radius 1 is 1.03 bits per heavy atom. The minimum Gasteiger partial charge on any atom is -0.353 e. The summed E-state index contributed by atoms with van der Waals surface area (Å²) in [4.78, 5) is 27.6. The number of carbonyl (C=O) groups is 1. The first kappa shape index (κ1) is 20.7. The third-order valence-corrected chi connectivity index (χ3v) is 5.28. The van der Waals surface area contributed by atoms with Gasteiger partial charge in [0, 0.05) is 11.9 Å². The molecule has 6 heteroatoms. The molecule has 6 nitrogen and oxygen atoms in total. The third-order valence-electron chi connectivity index (χ3n) is 5.28. The first-order valence-corrected chi connectivity index (χ1v) is 10.1. The molecule has 1 aromatic heterocycles. The van der Waals surface area contributed by atoms with Crippen molar-refractivity contribution < 1.29 is 4.79 Å². The molecule has 1 unspecified atom stereocenters. The van der Waals surface area contributed by atoms with Gasteiger partial charge in [0.05, 0.1) is 17.1 Å². The van der Waals surface area contributed by atoms with Crippen molar-refractivity contribution >= 4 is 16.7 Å². The number of fused-ring (bicyclic) bond motifs is 1. The van der Waals surface area contributed by atoms with Crippen LogP contribution in [0.3, 0.4) is 0 Å². The molecule has 3 aromatic rings. The van der Waals surface area contributed by atoms with Crippen LogP contribution >= 0.6 is 0 Å². The highest BCUT2D eigenvalue weighted by Gasteiger charge is 2.19. The molecule has 2 aromatic carbocycles. The van der Waals surface area contributed by atoms with Gasteiger partial charge in [-0.1, -0.05) is 62.4 Å². The van der Waals surface area contributed by atoms with Crippen LogP contribution in [-0.2, 0) is 11.3 Å². The van der Waals surface area contributed by atoms with Crippen molar-refractivity contribution in [2.24, 2.45) is 0 Å². The maximum Gasteiger partial charge on any atom is 0.275 e. The van der Waals surface area contributed by atoms with Crippen molar-refractivity contribution in [3.63, 3.8) is 0 Å². The molecule has 1 heterocycles. The van der Waals surface area contributed by atoms with Crippen LogP contribution in [-0.4, -0.2) is 40.2 Å². The lowest BCUT2D eigenvalue weighted by Gasteiger charge is -2.30. The molecule has 3 rings (SSSR count). The smallest absolute Gasteiger partial charge is 0.275 e. The number of aryl methyl sites for hydroxylation is 1. The zero-order valence-corrected chi connectivity index (χ0v) is 17.3. The number of benzene rings is 2. The number of rotatable bonds is 8. The fourth-order valence-corrected chi connectivity index (χ4v) is 3.71. The van der Waals surface area contributed by atoms with E-state index in [4.69, 9.17) is 0 Å². The number of likely N-dealkylation sites (N-methyl/N-ethyl adjacent to an activating group) is 1. The number of amides is 1. The Morgan fingerprint density at radius 3 is 2.31 bits per heavy atom. The fraction of sp³-hybridized carbons (Fsp3) is 0.348. The molecular weight excluding hydrogens is 364 g/mol. The second-order valence-corrected chi connectivity index (χ2v) is 7.05. The monoisotopic (exact) mass is 392 g/mol. The number of hydrogen-bond donors (Lipinski definition) is 1. The predicted molar refractivity (Wildman–Crippen MR) is 116 cm³/mol. The second-order valence-electron chi connectivity index (χ2n) is 7.05. The van der Waals surface area contributed by atoms with E-state index in [-0.39, 0.29) is 24.1 Å². The van der Waals surface area contributed by atoms with Crippen molar-refractivity contribution in [3.8, 4) is 0 Å². The molecule has 1 amide bonds. The number of carbonyl (C=O) groups excluding carboxylic acids is 1. The van der Waals surface area contributed by atoms with Crippen molar-refractivity contribution in [3.05, 3.63) is 76.2 Å². The standard InChI is InChI=1S/C23H28N4O2/c1-4-26(5-2)21(18-11-7-6-8-12-18)15-24-22(28)16-27-23(29)20-14-10-9-13-19(20)17(3)25-27/h6-14,21H,4-5,15-16H2,1-3H3,(H,24,28). The SMILES string of the molecule is CCN(CC)C(CNC(=O)Cn1nc(C)c2ccccc2c1=O)c1ccccc1. The molecule has 0 aliphatic carbocycles. The quantitative estimate of drug-likeness (QED) is 0.640. The molecular formula is C23H28N4O2. The van der Waals surface area contributed by atoms with E-state index >= 15 is 0 Å². The molecule has 0 saturated carbocycles. The van der Waals surface area contributed by atoms with E-state index in [0.717, 1.165) is 29.7 Å². The molecule has 1 atom stereocenters. The summed E-state index contributed by atoms with van der Waals surface area (Å²) in [6.45, 7) is 8.23. The maximum absolute atomic E-state index is 12.7. The molecule has 1 N–H and O–H groups in total. The minimum atomic E-state index is -0.246. The van der Waals surface area contributed by atoms with Crippen LogP contribution in [0.15, 0.2) is 59.4 Å². The molecule has 29 heavy (non-hydrogen) atoms. The summed E-state index contributed by atoms with van der Waals surface area (Å²) in [5, 5.41) is 8.72. The fourth-order valence-electron chi connectivity index (χ4n) is 3.71. The topological polar surface area (TPSA) is 67.2 Å². The molecule has 0 aliphatic rings. The summed E-state index contributed by atoms with van der Waals surface area (Å²) in [6.07, 6.45) is 0. The van der Waals surface area contributed by atoms with Gasteiger partial charge in [-0.2, -0.15) is 5.10 Å². The van der Waals surface area contributed by atoms with Crippen LogP contribution in [0.5, 0.6) is 0 Å². The number of nitrogens with zero attached hydrogens (tertiary/aromatic N) is 3. The van der Waals surface area contributed by atoms with Crippen molar-refractivity contribution in [1.82, 2.24) is 20.0 Å². The lowest BCUT2D eigenvalue weighted by Crippen LogP contribution is -2.40. The molecule has 0 fully saturated rings. The van der Waals surface area contributed by atoms with E-state index in [2.05, 4.69) is 41.3 Å². The Labute approximate surface area is 171 Å². The normalized spacial score (nSPS) is 12.3. The largest absolute Gasteiger partial charge is 0.353 e. The van der Waals surface area contributed by atoms with Crippen molar-refractivity contribution in [2.75, 3.05) is 19.6 Å². The maximum atomic E-state index is 12.7. The Kier molecular flexibility index (Phi) is 6.77. The summed E-state index contributed by atoms with van der Waals surface area (Å²) in [7, 11) is 0. The predicted octanol–water partition coefficient (Wildman–Crippen LogP) is 2.90. The third kappa shape index (κ3) is 4.71. The van der Waals surface area contributed by atoms with Crippen LogP contribution in [0.2, 0.25) is 0 Å². The Morgan fingerprint density at radius 2 is 1.66 bits per heavy atom. The van der Waals surface area contributed by atoms with E-state index in [0.29, 0.717) is 11.9 Å². The van der Waals surface area contributed by atoms with Crippen LogP contribution in [0.25, 0.3) is 10.8 Å². The highest BCUT2D eigenvalue weighted by molar-refractivity contribution is 5.83. The Hall–Kier alpha value is -2.99. The highest BCUT2D eigenvalue weighted by Crippen LogP contribution is 2.19. The van der Waals surface area contributed by atoms with Gasteiger partial charge in [-0.05, 0) is 31.6 Å². The minimum absolute atomic E-state index is 0.0816. The molecule has 0 spiro atoms. The van der Waals surface area contributed by atoms with E-state index in [1.807, 2.05) is 43.3 Å². The summed E-state index contributed by atoms with van der Waals surface area (Å²) in [6, 6.07) is 17.6. The zero-order chi connectivity index (χ0) is 20.8. The number of hydrogen-bond acceptors (Lipinski definition) is 4. The summed E-state index contributed by atoms with van der Waals surface area (Å²) >= 11 is 0. The van der Waals surface area contributed by atoms with Crippen LogP contribution in [0.4, 0.5) is 0 Å². The van der Waals surface area contributed by atoms with E-state index in [9.17, 15) is 9.59 Å². The van der Waals surface area contributed by atoms with E-state index in [1.54, 1.807) is 6.07 Å². The van der Waals surface area contributed by atoms with Crippen LogP contribution in [0.1, 0.15) is 31.1 Å². The molecule has 152 valence electrons. The average Bonchev–Trinajstić information content (AvgIpc) is 2.75. The second kappa shape index (κ2) is 9.47. The van der Waals surface area contributed by atoms with Gasteiger partial charge in [-0.15, -0.1) is 0 Å². The van der Waals surface area contributed by atoms with Gasteiger partial charge in [-0.3, -0.25) is 14.5 Å². The first-order chi connectivity index (χ1) is 14.0. The van der Waals surface area contributed by atoms with Gasteiger partial charge in [0.2, 0.25) is 5.91 Å². The van der Waals surface area contributed by atoms with Gasteiger partial charge in [-0.25, -0.2) is 4.68 Å². The average molecular weight is 393 g/mol. The lowest BCUT2D eigenvalue weighted by atomic mass is 10.1. The van der Waals surface area contributed by atoms with Gasteiger partial charge < -0.3 is 5.32 Å². The number of aromatic nitrogens is 2. The van der Waals surface area contributed by atoms with Crippen molar-refractivity contribution in [1.29, 1.82) is 0 Å². The van der Waals surface area contributed by atoms with Crippen molar-refractivity contribution in [2.45, 2.75) is 33.4 Å². The van der Waals surface area contributed by atoms with Gasteiger partial charge >= 0.3 is 0 Å². The van der Waals surface area contributed by atoms with Gasteiger partial charge in [0.15, 0.2) is 0 Å². The van der Waals surface area contributed by atoms with E-state index < -0.39 is 0 Å². The summed E-state index contributed by atoms with van der Waals surface area (Å²) in [5.74, 6) is -0.220. The first-order valence-electron chi connectivity index (χ1n) is 10.1.